The standard InChI is InChI=1S/C10H17N/c1-6-8-4-7(5-9(6)11)10(8,2)3/h7-9H,1,4-5,11H2,2-3H3. The van der Waals surface area contributed by atoms with Crippen LogP contribution in [0, 0.1) is 17.3 Å². The highest BCUT2D eigenvalue weighted by Crippen LogP contribution is 2.60. The Labute approximate surface area is 68.7 Å². The Morgan fingerprint density at radius 1 is 1.45 bits per heavy atom. The number of hydrogen-bond acceptors (Lipinski definition) is 1. The van der Waals surface area contributed by atoms with Gasteiger partial charge in [-0.05, 0) is 30.1 Å². The smallest absolute Gasteiger partial charge is 0.0256 e. The minimum Gasteiger partial charge on any atom is -0.324 e. The average molecular weight is 151 g/mol. The molecule has 2 N–H and O–H groups in total. The molecule has 3 fully saturated rings. The van der Waals surface area contributed by atoms with Crippen LogP contribution in [0.1, 0.15) is 26.7 Å². The Balaban J connectivity index is 2.23. The maximum Gasteiger partial charge on any atom is 0.0256 e. The predicted octanol–water partition coefficient (Wildman–Crippen LogP) is 1.94. The van der Waals surface area contributed by atoms with Crippen molar-refractivity contribution in [1.29, 1.82) is 0 Å². The van der Waals surface area contributed by atoms with Gasteiger partial charge in [0.25, 0.3) is 0 Å². The fraction of sp³-hybridized carbons (Fsp3) is 0.800. The van der Waals surface area contributed by atoms with Crippen molar-refractivity contribution < 1.29 is 0 Å². The molecule has 0 saturated heterocycles. The molecule has 2 bridgehead atoms. The summed E-state index contributed by atoms with van der Waals surface area (Å²) >= 11 is 0. The van der Waals surface area contributed by atoms with Gasteiger partial charge in [-0.2, -0.15) is 0 Å². The van der Waals surface area contributed by atoms with E-state index < -0.39 is 0 Å². The van der Waals surface area contributed by atoms with E-state index in [-0.39, 0.29) is 0 Å². The van der Waals surface area contributed by atoms with Crippen molar-refractivity contribution >= 4 is 0 Å². The van der Waals surface area contributed by atoms with Crippen LogP contribution in [0.25, 0.3) is 0 Å². The van der Waals surface area contributed by atoms with E-state index in [4.69, 9.17) is 5.73 Å². The first-order valence-corrected chi connectivity index (χ1v) is 4.47. The van der Waals surface area contributed by atoms with Gasteiger partial charge >= 0.3 is 0 Å². The Kier molecular flexibility index (Phi) is 1.26. The van der Waals surface area contributed by atoms with Crippen LogP contribution in [-0.2, 0) is 0 Å². The zero-order valence-corrected chi connectivity index (χ0v) is 7.43. The van der Waals surface area contributed by atoms with Crippen molar-refractivity contribution in [2.24, 2.45) is 23.0 Å². The molecule has 3 atom stereocenters. The highest BCUT2D eigenvalue weighted by atomic mass is 14.7. The van der Waals surface area contributed by atoms with Crippen LogP contribution in [0.15, 0.2) is 12.2 Å². The molecule has 3 saturated carbocycles. The zero-order chi connectivity index (χ0) is 8.22. The maximum absolute atomic E-state index is 5.92. The van der Waals surface area contributed by atoms with Gasteiger partial charge < -0.3 is 5.73 Å². The molecule has 0 amide bonds. The van der Waals surface area contributed by atoms with Crippen molar-refractivity contribution in [2.45, 2.75) is 32.7 Å². The van der Waals surface area contributed by atoms with Gasteiger partial charge in [0, 0.05) is 6.04 Å². The van der Waals surface area contributed by atoms with Gasteiger partial charge in [-0.15, -0.1) is 0 Å². The van der Waals surface area contributed by atoms with Crippen LogP contribution in [0.3, 0.4) is 0 Å². The molecule has 1 nitrogen and oxygen atoms in total. The summed E-state index contributed by atoms with van der Waals surface area (Å²) in [5.74, 6) is 1.59. The lowest BCUT2D eigenvalue weighted by Crippen LogP contribution is -2.55. The first kappa shape index (κ1) is 7.35. The van der Waals surface area contributed by atoms with Crippen molar-refractivity contribution in [2.75, 3.05) is 0 Å². The Morgan fingerprint density at radius 3 is 2.45 bits per heavy atom. The second kappa shape index (κ2) is 1.89. The van der Waals surface area contributed by atoms with E-state index in [0.717, 1.165) is 11.8 Å². The second-order valence-corrected chi connectivity index (χ2v) is 4.72. The van der Waals surface area contributed by atoms with Crippen LogP contribution < -0.4 is 5.73 Å². The van der Waals surface area contributed by atoms with Gasteiger partial charge in [0.2, 0.25) is 0 Å². The van der Waals surface area contributed by atoms with E-state index in [1.165, 1.54) is 18.4 Å². The van der Waals surface area contributed by atoms with Gasteiger partial charge in [-0.1, -0.05) is 26.0 Å². The number of nitrogens with two attached hydrogens (primary N) is 1. The Bertz CT molecular complexity index is 205. The molecule has 11 heavy (non-hydrogen) atoms. The molecule has 0 heterocycles. The Morgan fingerprint density at radius 2 is 2.09 bits per heavy atom. The highest BCUT2D eigenvalue weighted by molar-refractivity contribution is 5.24. The lowest BCUT2D eigenvalue weighted by Gasteiger charge is -2.59. The van der Waals surface area contributed by atoms with Crippen LogP contribution in [0.5, 0.6) is 0 Å². The van der Waals surface area contributed by atoms with Crippen LogP contribution in [0.2, 0.25) is 0 Å². The summed E-state index contributed by atoms with van der Waals surface area (Å²) in [6.45, 7) is 8.78. The average Bonchev–Trinajstić information content (AvgIpc) is 1.93. The van der Waals surface area contributed by atoms with Gasteiger partial charge in [-0.3, -0.25) is 0 Å². The first-order chi connectivity index (χ1) is 5.03. The molecule has 0 aliphatic heterocycles. The summed E-state index contributed by atoms with van der Waals surface area (Å²) in [6, 6.07) is 0.298. The zero-order valence-electron chi connectivity index (χ0n) is 7.43. The Hall–Kier alpha value is -0.300. The summed E-state index contributed by atoms with van der Waals surface area (Å²) in [7, 11) is 0. The largest absolute Gasteiger partial charge is 0.324 e. The number of fused-ring (bicyclic) bond motifs is 2. The van der Waals surface area contributed by atoms with Crippen molar-refractivity contribution in [3.05, 3.63) is 12.2 Å². The summed E-state index contributed by atoms with van der Waals surface area (Å²) in [6.07, 6.45) is 2.52. The van der Waals surface area contributed by atoms with E-state index >= 15 is 0 Å². The van der Waals surface area contributed by atoms with Crippen molar-refractivity contribution in [3.63, 3.8) is 0 Å². The maximum atomic E-state index is 5.92. The van der Waals surface area contributed by atoms with E-state index in [0.29, 0.717) is 11.5 Å². The van der Waals surface area contributed by atoms with E-state index in [9.17, 15) is 0 Å². The minimum absolute atomic E-state index is 0.298. The summed E-state index contributed by atoms with van der Waals surface area (Å²) < 4.78 is 0. The third-order valence-electron chi connectivity index (χ3n) is 3.93. The van der Waals surface area contributed by atoms with Crippen molar-refractivity contribution in [1.82, 2.24) is 0 Å². The lowest BCUT2D eigenvalue weighted by atomic mass is 9.46. The monoisotopic (exact) mass is 151 g/mol. The molecular formula is C10H17N. The van der Waals surface area contributed by atoms with E-state index in [1.54, 1.807) is 0 Å². The summed E-state index contributed by atoms with van der Waals surface area (Å²) in [5, 5.41) is 0. The molecule has 3 aliphatic rings. The van der Waals surface area contributed by atoms with Crippen LogP contribution in [-0.4, -0.2) is 6.04 Å². The van der Waals surface area contributed by atoms with Crippen molar-refractivity contribution in [3.8, 4) is 0 Å². The highest BCUT2D eigenvalue weighted by Gasteiger charge is 2.53. The third-order valence-corrected chi connectivity index (χ3v) is 3.93. The van der Waals surface area contributed by atoms with Gasteiger partial charge in [0.1, 0.15) is 0 Å². The second-order valence-electron chi connectivity index (χ2n) is 4.72. The number of hydrogen-bond donors (Lipinski definition) is 1. The third kappa shape index (κ3) is 0.750. The molecule has 1 heteroatoms. The fourth-order valence-corrected chi connectivity index (χ4v) is 2.76. The fourth-order valence-electron chi connectivity index (χ4n) is 2.76. The normalized spacial score (nSPS) is 46.8. The van der Waals surface area contributed by atoms with Gasteiger partial charge in [0.15, 0.2) is 0 Å². The summed E-state index contributed by atoms with van der Waals surface area (Å²) in [4.78, 5) is 0. The topological polar surface area (TPSA) is 26.0 Å². The molecule has 0 radical (unpaired) electrons. The molecule has 0 spiro atoms. The van der Waals surface area contributed by atoms with E-state index in [2.05, 4.69) is 20.4 Å². The summed E-state index contributed by atoms with van der Waals surface area (Å²) in [5.41, 5.74) is 7.73. The lowest BCUT2D eigenvalue weighted by molar-refractivity contribution is -0.0336. The van der Waals surface area contributed by atoms with Gasteiger partial charge in [-0.25, -0.2) is 0 Å². The SMILES string of the molecule is C=C1C(N)CC2CC1C2(C)C. The molecule has 0 aromatic heterocycles. The number of rotatable bonds is 0. The molecule has 3 rings (SSSR count). The van der Waals surface area contributed by atoms with Crippen LogP contribution in [0.4, 0.5) is 0 Å². The van der Waals surface area contributed by atoms with E-state index in [1.807, 2.05) is 0 Å². The predicted molar refractivity (Wildman–Crippen MR) is 47.1 cm³/mol. The van der Waals surface area contributed by atoms with Gasteiger partial charge in [0.05, 0.1) is 0 Å². The molecule has 3 aliphatic carbocycles. The molecule has 3 unspecified atom stereocenters. The quantitative estimate of drug-likeness (QED) is 0.526. The molecule has 62 valence electrons. The molecule has 0 aromatic carbocycles. The molecule has 0 aromatic rings. The molecular weight excluding hydrogens is 134 g/mol. The van der Waals surface area contributed by atoms with Crippen LogP contribution >= 0.6 is 0 Å². The first-order valence-electron chi connectivity index (χ1n) is 4.47. The minimum atomic E-state index is 0.298.